The van der Waals surface area contributed by atoms with Gasteiger partial charge >= 0.3 is 0 Å². The van der Waals surface area contributed by atoms with Gasteiger partial charge in [-0.15, -0.1) is 0 Å². The maximum Gasteiger partial charge on any atom is 0.255 e. The smallest absolute Gasteiger partial charge is 0.255 e. The number of amides is 1. The van der Waals surface area contributed by atoms with E-state index in [1.165, 1.54) is 0 Å². The SMILES string of the molecule is C[C@@H]1CN(C(=O)c2cccc(N)c2Cl)C[C@H](C)O1. The quantitative estimate of drug-likeness (QED) is 0.794. The molecule has 0 radical (unpaired) electrons. The monoisotopic (exact) mass is 268 g/mol. The number of rotatable bonds is 1. The Balaban J connectivity index is 2.23. The van der Waals surface area contributed by atoms with Crippen LogP contribution >= 0.6 is 11.6 Å². The minimum Gasteiger partial charge on any atom is -0.398 e. The molecule has 0 unspecified atom stereocenters. The van der Waals surface area contributed by atoms with Gasteiger partial charge in [0.2, 0.25) is 0 Å². The van der Waals surface area contributed by atoms with Crippen molar-refractivity contribution in [2.75, 3.05) is 18.8 Å². The third-order valence-corrected chi connectivity index (χ3v) is 3.39. The van der Waals surface area contributed by atoms with E-state index in [1.54, 1.807) is 23.1 Å². The summed E-state index contributed by atoms with van der Waals surface area (Å²) < 4.78 is 5.60. The summed E-state index contributed by atoms with van der Waals surface area (Å²) in [6.07, 6.45) is 0.0788. The summed E-state index contributed by atoms with van der Waals surface area (Å²) in [5, 5.41) is 0.328. The third kappa shape index (κ3) is 2.60. The van der Waals surface area contributed by atoms with E-state index in [-0.39, 0.29) is 18.1 Å². The largest absolute Gasteiger partial charge is 0.398 e. The highest BCUT2D eigenvalue weighted by atomic mass is 35.5. The van der Waals surface area contributed by atoms with Crippen LogP contribution in [-0.2, 0) is 4.74 Å². The molecule has 18 heavy (non-hydrogen) atoms. The first-order chi connectivity index (χ1) is 8.49. The lowest BCUT2D eigenvalue weighted by molar-refractivity contribution is -0.0586. The van der Waals surface area contributed by atoms with Crippen molar-refractivity contribution in [3.63, 3.8) is 0 Å². The van der Waals surface area contributed by atoms with Gasteiger partial charge in [0.15, 0.2) is 0 Å². The fourth-order valence-electron chi connectivity index (χ4n) is 2.23. The number of hydrogen-bond donors (Lipinski definition) is 1. The predicted molar refractivity (Wildman–Crippen MR) is 71.8 cm³/mol. The summed E-state index contributed by atoms with van der Waals surface area (Å²) in [6.45, 7) is 5.07. The Morgan fingerprint density at radius 1 is 1.39 bits per heavy atom. The number of ether oxygens (including phenoxy) is 1. The Kier molecular flexibility index (Phi) is 3.78. The van der Waals surface area contributed by atoms with Crippen molar-refractivity contribution in [3.8, 4) is 0 Å². The zero-order chi connectivity index (χ0) is 13.3. The van der Waals surface area contributed by atoms with Crippen molar-refractivity contribution < 1.29 is 9.53 Å². The minimum atomic E-state index is -0.0886. The minimum absolute atomic E-state index is 0.0394. The molecule has 0 spiro atoms. The average molecular weight is 269 g/mol. The number of nitrogens with two attached hydrogens (primary N) is 1. The standard InChI is InChI=1S/C13H17ClN2O2/c1-8-6-16(7-9(2)18-8)13(17)10-4-3-5-11(15)12(10)14/h3-5,8-9H,6-7,15H2,1-2H3/t8-,9+. The topological polar surface area (TPSA) is 55.6 Å². The highest BCUT2D eigenvalue weighted by molar-refractivity contribution is 6.36. The molecule has 1 fully saturated rings. The van der Waals surface area contributed by atoms with Crippen LogP contribution in [0.1, 0.15) is 24.2 Å². The van der Waals surface area contributed by atoms with Gasteiger partial charge in [0.1, 0.15) is 0 Å². The van der Waals surface area contributed by atoms with E-state index in [4.69, 9.17) is 22.1 Å². The lowest BCUT2D eigenvalue weighted by Crippen LogP contribution is -2.48. The number of carbonyl (C=O) groups excluding carboxylic acids is 1. The number of morpholine rings is 1. The highest BCUT2D eigenvalue weighted by Crippen LogP contribution is 2.25. The normalized spacial score (nSPS) is 24.1. The van der Waals surface area contributed by atoms with Crippen molar-refractivity contribution >= 4 is 23.2 Å². The van der Waals surface area contributed by atoms with E-state index in [1.807, 2.05) is 13.8 Å². The van der Waals surface area contributed by atoms with Gasteiger partial charge in [-0.3, -0.25) is 4.79 Å². The number of benzene rings is 1. The van der Waals surface area contributed by atoms with Gasteiger partial charge in [-0.2, -0.15) is 0 Å². The second kappa shape index (κ2) is 5.16. The van der Waals surface area contributed by atoms with E-state index >= 15 is 0 Å². The summed E-state index contributed by atoms with van der Waals surface area (Å²) in [5.41, 5.74) is 6.60. The van der Waals surface area contributed by atoms with Crippen LogP contribution in [0.4, 0.5) is 5.69 Å². The van der Waals surface area contributed by atoms with Gasteiger partial charge in [-0.1, -0.05) is 17.7 Å². The second-order valence-corrected chi connectivity index (χ2v) is 5.05. The predicted octanol–water partition coefficient (Wildman–Crippen LogP) is 2.17. The highest BCUT2D eigenvalue weighted by Gasteiger charge is 2.27. The van der Waals surface area contributed by atoms with Crippen molar-refractivity contribution in [3.05, 3.63) is 28.8 Å². The van der Waals surface area contributed by atoms with Gasteiger partial charge in [0, 0.05) is 13.1 Å². The van der Waals surface area contributed by atoms with Crippen LogP contribution in [0.5, 0.6) is 0 Å². The summed E-state index contributed by atoms with van der Waals surface area (Å²) >= 11 is 6.08. The van der Waals surface area contributed by atoms with Gasteiger partial charge in [-0.25, -0.2) is 0 Å². The summed E-state index contributed by atoms with van der Waals surface area (Å²) in [6, 6.07) is 5.12. The molecular formula is C13H17ClN2O2. The van der Waals surface area contributed by atoms with E-state index in [0.717, 1.165) is 0 Å². The number of halogens is 1. The molecule has 1 aliphatic heterocycles. The Hall–Kier alpha value is -1.26. The molecule has 1 aromatic carbocycles. The first-order valence-corrected chi connectivity index (χ1v) is 6.35. The van der Waals surface area contributed by atoms with Gasteiger partial charge in [0.05, 0.1) is 28.5 Å². The number of carbonyl (C=O) groups is 1. The fraction of sp³-hybridized carbons (Fsp3) is 0.462. The lowest BCUT2D eigenvalue weighted by Gasteiger charge is -2.35. The number of anilines is 1. The van der Waals surface area contributed by atoms with E-state index < -0.39 is 0 Å². The van der Waals surface area contributed by atoms with E-state index in [0.29, 0.717) is 29.4 Å². The molecule has 4 nitrogen and oxygen atoms in total. The summed E-state index contributed by atoms with van der Waals surface area (Å²) in [5.74, 6) is -0.0886. The number of hydrogen-bond acceptors (Lipinski definition) is 3. The molecular weight excluding hydrogens is 252 g/mol. The summed E-state index contributed by atoms with van der Waals surface area (Å²) in [4.78, 5) is 14.2. The second-order valence-electron chi connectivity index (χ2n) is 4.68. The maximum absolute atomic E-state index is 12.4. The van der Waals surface area contributed by atoms with Crippen LogP contribution in [0.25, 0.3) is 0 Å². The van der Waals surface area contributed by atoms with Crippen molar-refractivity contribution in [2.45, 2.75) is 26.1 Å². The van der Waals surface area contributed by atoms with Crippen LogP contribution in [0.3, 0.4) is 0 Å². The molecule has 1 heterocycles. The zero-order valence-corrected chi connectivity index (χ0v) is 11.3. The average Bonchev–Trinajstić information content (AvgIpc) is 2.30. The fourth-order valence-corrected chi connectivity index (χ4v) is 2.44. The van der Waals surface area contributed by atoms with Gasteiger partial charge < -0.3 is 15.4 Å². The van der Waals surface area contributed by atoms with Crippen molar-refractivity contribution in [1.82, 2.24) is 4.90 Å². The molecule has 5 heteroatoms. The van der Waals surface area contributed by atoms with Crippen LogP contribution < -0.4 is 5.73 Å². The molecule has 2 N–H and O–H groups in total. The Morgan fingerprint density at radius 2 is 2.00 bits per heavy atom. The van der Waals surface area contributed by atoms with Gasteiger partial charge in [-0.05, 0) is 26.0 Å². The van der Waals surface area contributed by atoms with Crippen LogP contribution in [-0.4, -0.2) is 36.1 Å². The molecule has 0 saturated carbocycles. The lowest BCUT2D eigenvalue weighted by atomic mass is 10.1. The first-order valence-electron chi connectivity index (χ1n) is 5.97. The third-order valence-electron chi connectivity index (χ3n) is 2.97. The molecule has 1 aliphatic rings. The molecule has 0 aliphatic carbocycles. The zero-order valence-electron chi connectivity index (χ0n) is 10.5. The molecule has 98 valence electrons. The van der Waals surface area contributed by atoms with Crippen molar-refractivity contribution in [1.29, 1.82) is 0 Å². The summed E-state index contributed by atoms with van der Waals surface area (Å²) in [7, 11) is 0. The van der Waals surface area contributed by atoms with Crippen LogP contribution in [0.15, 0.2) is 18.2 Å². The molecule has 1 amide bonds. The first kappa shape index (κ1) is 13.2. The van der Waals surface area contributed by atoms with Crippen LogP contribution in [0, 0.1) is 0 Å². The maximum atomic E-state index is 12.4. The number of nitrogen functional groups attached to an aromatic ring is 1. The Bertz CT molecular complexity index is 454. The van der Waals surface area contributed by atoms with Gasteiger partial charge in [0.25, 0.3) is 5.91 Å². The van der Waals surface area contributed by atoms with Crippen molar-refractivity contribution in [2.24, 2.45) is 0 Å². The molecule has 2 atom stereocenters. The Morgan fingerprint density at radius 3 is 2.61 bits per heavy atom. The van der Waals surface area contributed by atoms with E-state index in [2.05, 4.69) is 0 Å². The molecule has 1 aromatic rings. The molecule has 0 bridgehead atoms. The Labute approximate surface area is 112 Å². The molecule has 1 saturated heterocycles. The molecule has 2 rings (SSSR count). The molecule has 0 aromatic heterocycles. The van der Waals surface area contributed by atoms with E-state index in [9.17, 15) is 4.79 Å². The van der Waals surface area contributed by atoms with Crippen LogP contribution in [0.2, 0.25) is 5.02 Å². The number of nitrogens with zero attached hydrogens (tertiary/aromatic N) is 1.